The van der Waals surface area contributed by atoms with Crippen LogP contribution in [0.2, 0.25) is 0 Å². The van der Waals surface area contributed by atoms with Gasteiger partial charge < -0.3 is 16.1 Å². The number of hydrogen-bond donors (Lipinski definition) is 3. The number of nitrogens with one attached hydrogen (secondary N) is 1. The Hall–Kier alpha value is -1.82. The third kappa shape index (κ3) is 2.47. The fraction of sp³-hybridized carbons (Fsp3) is 0.455. The van der Waals surface area contributed by atoms with Crippen LogP contribution >= 0.6 is 0 Å². The summed E-state index contributed by atoms with van der Waals surface area (Å²) in [7, 11) is 0. The first-order valence-electron chi connectivity index (χ1n) is 5.71. The molecule has 0 aromatic carbocycles. The van der Waals surface area contributed by atoms with Gasteiger partial charge in [0.1, 0.15) is 11.9 Å². The molecule has 6 nitrogen and oxygen atoms in total. The zero-order valence-electron chi connectivity index (χ0n) is 9.60. The molecule has 1 aliphatic heterocycles. The second-order valence-corrected chi connectivity index (χ2v) is 4.15. The minimum atomic E-state index is -0.274. The second kappa shape index (κ2) is 5.01. The normalized spacial score (nSPS) is 20.1. The molecule has 1 amide bonds. The highest BCUT2D eigenvalue weighted by molar-refractivity contribution is 5.84. The molecule has 17 heavy (non-hydrogen) atoms. The van der Waals surface area contributed by atoms with E-state index in [-0.39, 0.29) is 11.9 Å². The molecular formula is C11H17N5O. The van der Waals surface area contributed by atoms with Gasteiger partial charge in [-0.1, -0.05) is 0 Å². The van der Waals surface area contributed by atoms with Gasteiger partial charge in [-0.25, -0.2) is 10.8 Å². The topological polar surface area (TPSA) is 97.3 Å². The largest absolute Gasteiger partial charge is 0.368 e. The predicted octanol–water partition coefficient (Wildman–Crippen LogP) is 0.211. The van der Waals surface area contributed by atoms with E-state index in [0.717, 1.165) is 31.5 Å². The third-order valence-electron chi connectivity index (χ3n) is 3.05. The molecule has 1 aliphatic rings. The van der Waals surface area contributed by atoms with Crippen LogP contribution in [0.15, 0.2) is 18.3 Å². The first kappa shape index (κ1) is 11.7. The molecule has 5 N–H and O–H groups in total. The monoisotopic (exact) mass is 235 g/mol. The molecule has 1 aromatic heterocycles. The van der Waals surface area contributed by atoms with Crippen LogP contribution in [0.5, 0.6) is 0 Å². The summed E-state index contributed by atoms with van der Waals surface area (Å²) in [6.45, 7) is 0.835. The van der Waals surface area contributed by atoms with Gasteiger partial charge >= 0.3 is 0 Å². The number of carbonyl (C=O) groups is 1. The molecule has 0 radical (unpaired) electrons. The Kier molecular flexibility index (Phi) is 3.43. The van der Waals surface area contributed by atoms with E-state index in [2.05, 4.69) is 10.4 Å². The van der Waals surface area contributed by atoms with Gasteiger partial charge in [0, 0.05) is 24.5 Å². The summed E-state index contributed by atoms with van der Waals surface area (Å²) in [5, 5.41) is 0. The molecule has 1 aromatic rings. The number of aromatic nitrogens is 1. The fourth-order valence-electron chi connectivity index (χ4n) is 2.21. The number of hydrazine groups is 1. The van der Waals surface area contributed by atoms with Gasteiger partial charge in [-0.2, -0.15) is 0 Å². The van der Waals surface area contributed by atoms with Crippen LogP contribution in [-0.2, 0) is 4.79 Å². The minimum Gasteiger partial charge on any atom is -0.368 e. The molecule has 2 heterocycles. The number of nitrogen functional groups attached to an aromatic ring is 1. The summed E-state index contributed by atoms with van der Waals surface area (Å²) in [6, 6.07) is 3.46. The lowest BCUT2D eigenvalue weighted by molar-refractivity contribution is -0.119. The van der Waals surface area contributed by atoms with Gasteiger partial charge in [-0.05, 0) is 25.3 Å². The summed E-state index contributed by atoms with van der Waals surface area (Å²) < 4.78 is 0. The van der Waals surface area contributed by atoms with Crippen LogP contribution < -0.4 is 21.9 Å². The fourth-order valence-corrected chi connectivity index (χ4v) is 2.21. The summed E-state index contributed by atoms with van der Waals surface area (Å²) in [6.07, 6.45) is 4.58. The molecule has 2 rings (SSSR count). The zero-order chi connectivity index (χ0) is 12.3. The quantitative estimate of drug-likeness (QED) is 0.514. The van der Waals surface area contributed by atoms with Gasteiger partial charge in [0.15, 0.2) is 0 Å². The molecule has 0 bridgehead atoms. The van der Waals surface area contributed by atoms with Crippen molar-refractivity contribution in [1.29, 1.82) is 0 Å². The second-order valence-electron chi connectivity index (χ2n) is 4.15. The smallest absolute Gasteiger partial charge is 0.240 e. The molecular weight excluding hydrogens is 218 g/mol. The number of rotatable bonds is 3. The number of nitrogens with two attached hydrogens (primary N) is 2. The molecule has 0 saturated carbocycles. The number of piperidine rings is 1. The number of carbonyl (C=O) groups excluding carboxylic acids is 1. The molecule has 92 valence electrons. The van der Waals surface area contributed by atoms with Crippen LogP contribution in [0.1, 0.15) is 19.3 Å². The van der Waals surface area contributed by atoms with Crippen molar-refractivity contribution >= 4 is 17.4 Å². The number of pyridine rings is 1. The van der Waals surface area contributed by atoms with Crippen LogP contribution in [0.25, 0.3) is 0 Å². The Bertz CT molecular complexity index is 409. The Labute approximate surface area is 100.0 Å². The third-order valence-corrected chi connectivity index (χ3v) is 3.05. The van der Waals surface area contributed by atoms with E-state index in [1.807, 2.05) is 17.0 Å². The highest BCUT2D eigenvalue weighted by Crippen LogP contribution is 2.25. The van der Waals surface area contributed by atoms with E-state index < -0.39 is 0 Å². The number of anilines is 2. The van der Waals surface area contributed by atoms with Crippen molar-refractivity contribution < 1.29 is 4.79 Å². The number of amides is 1. The van der Waals surface area contributed by atoms with Crippen molar-refractivity contribution in [2.45, 2.75) is 25.3 Å². The highest BCUT2D eigenvalue weighted by atomic mass is 16.1. The molecule has 1 atom stereocenters. The Morgan fingerprint density at radius 3 is 3.06 bits per heavy atom. The molecule has 1 saturated heterocycles. The Morgan fingerprint density at radius 2 is 2.35 bits per heavy atom. The van der Waals surface area contributed by atoms with Crippen molar-refractivity contribution in [2.75, 3.05) is 16.9 Å². The molecule has 6 heteroatoms. The maximum Gasteiger partial charge on any atom is 0.240 e. The van der Waals surface area contributed by atoms with Crippen LogP contribution in [-0.4, -0.2) is 23.5 Å². The maximum absolute atomic E-state index is 11.4. The van der Waals surface area contributed by atoms with Crippen molar-refractivity contribution in [1.82, 2.24) is 4.98 Å². The number of nitrogens with zero attached hydrogens (tertiary/aromatic N) is 2. The van der Waals surface area contributed by atoms with E-state index in [9.17, 15) is 4.79 Å². The molecule has 0 aliphatic carbocycles. The molecule has 0 spiro atoms. The summed E-state index contributed by atoms with van der Waals surface area (Å²) in [5.74, 6) is 5.63. The van der Waals surface area contributed by atoms with Crippen LogP contribution in [0.3, 0.4) is 0 Å². The van der Waals surface area contributed by atoms with E-state index >= 15 is 0 Å². The van der Waals surface area contributed by atoms with Gasteiger partial charge in [-0.15, -0.1) is 0 Å². The predicted molar refractivity (Wildman–Crippen MR) is 66.2 cm³/mol. The standard InChI is InChI=1S/C11H17N5O/c12-11(17)9-3-1-2-6-16(9)8-4-5-14-10(7-8)15-13/h4-5,7,9H,1-3,6,13H2,(H2,12,17)(H,14,15). The lowest BCUT2D eigenvalue weighted by Crippen LogP contribution is -2.47. The SMILES string of the molecule is NNc1cc(N2CCCCC2C(N)=O)ccn1. The van der Waals surface area contributed by atoms with E-state index in [0.29, 0.717) is 5.82 Å². The first-order chi connectivity index (χ1) is 8.22. The summed E-state index contributed by atoms with van der Waals surface area (Å²) in [4.78, 5) is 17.5. The Morgan fingerprint density at radius 1 is 1.53 bits per heavy atom. The minimum absolute atomic E-state index is 0.225. The van der Waals surface area contributed by atoms with Crippen molar-refractivity contribution in [3.63, 3.8) is 0 Å². The van der Waals surface area contributed by atoms with E-state index in [1.54, 1.807) is 6.20 Å². The number of hydrogen-bond acceptors (Lipinski definition) is 5. The number of primary amides is 1. The lowest BCUT2D eigenvalue weighted by Gasteiger charge is -2.35. The summed E-state index contributed by atoms with van der Waals surface area (Å²) >= 11 is 0. The van der Waals surface area contributed by atoms with E-state index in [1.165, 1.54) is 0 Å². The molecule has 1 unspecified atom stereocenters. The average Bonchev–Trinajstić information content (AvgIpc) is 2.39. The van der Waals surface area contributed by atoms with Crippen LogP contribution in [0, 0.1) is 0 Å². The maximum atomic E-state index is 11.4. The van der Waals surface area contributed by atoms with Crippen molar-refractivity contribution in [2.24, 2.45) is 11.6 Å². The first-order valence-corrected chi connectivity index (χ1v) is 5.71. The van der Waals surface area contributed by atoms with Gasteiger partial charge in [0.05, 0.1) is 0 Å². The van der Waals surface area contributed by atoms with Crippen molar-refractivity contribution in [3.8, 4) is 0 Å². The van der Waals surface area contributed by atoms with Gasteiger partial charge in [0.2, 0.25) is 5.91 Å². The van der Waals surface area contributed by atoms with Crippen LogP contribution in [0.4, 0.5) is 11.5 Å². The van der Waals surface area contributed by atoms with Gasteiger partial charge in [-0.3, -0.25) is 4.79 Å². The summed E-state index contributed by atoms with van der Waals surface area (Å²) in [5.41, 5.74) is 8.85. The zero-order valence-corrected chi connectivity index (χ0v) is 9.60. The van der Waals surface area contributed by atoms with Gasteiger partial charge in [0.25, 0.3) is 0 Å². The highest BCUT2D eigenvalue weighted by Gasteiger charge is 2.27. The molecule has 1 fully saturated rings. The van der Waals surface area contributed by atoms with E-state index in [4.69, 9.17) is 11.6 Å². The van der Waals surface area contributed by atoms with Crippen molar-refractivity contribution in [3.05, 3.63) is 18.3 Å². The Balaban J connectivity index is 2.26. The lowest BCUT2D eigenvalue weighted by atomic mass is 10.0. The average molecular weight is 235 g/mol.